The molecule has 1 aliphatic rings. The number of benzene rings is 1. The Bertz CT molecular complexity index is 535. The van der Waals surface area contributed by atoms with Crippen molar-refractivity contribution in [3.8, 4) is 0 Å². The molecule has 0 saturated heterocycles. The first-order chi connectivity index (χ1) is 8.35. The van der Waals surface area contributed by atoms with Crippen LogP contribution in [0.2, 0.25) is 10.0 Å². The minimum Gasteiger partial charge on any atom is -0.207 e. The predicted octanol–water partition coefficient (Wildman–Crippen LogP) is 3.41. The molecule has 1 saturated carbocycles. The highest BCUT2D eigenvalue weighted by Crippen LogP contribution is 2.38. The van der Waals surface area contributed by atoms with E-state index in [0.29, 0.717) is 5.92 Å². The highest BCUT2D eigenvalue weighted by molar-refractivity contribution is 7.89. The molecule has 3 nitrogen and oxygen atoms in total. The third-order valence-corrected chi connectivity index (χ3v) is 6.33. The molecule has 1 aromatic carbocycles. The topological polar surface area (TPSA) is 37.4 Å². The molecule has 1 aliphatic carbocycles. The largest absolute Gasteiger partial charge is 0.246 e. The molecular formula is C12H15Cl2NO2S. The lowest BCUT2D eigenvalue weighted by Crippen LogP contribution is -2.36. The molecule has 0 bridgehead atoms. The zero-order valence-corrected chi connectivity index (χ0v) is 12.6. The molecule has 1 aromatic rings. The number of nitrogens with zero attached hydrogens (tertiary/aromatic N) is 1. The Morgan fingerprint density at radius 1 is 1.28 bits per heavy atom. The molecule has 0 radical (unpaired) electrons. The van der Waals surface area contributed by atoms with Gasteiger partial charge < -0.3 is 0 Å². The Morgan fingerprint density at radius 3 is 2.22 bits per heavy atom. The van der Waals surface area contributed by atoms with Crippen LogP contribution in [0.15, 0.2) is 23.1 Å². The second-order valence-electron chi connectivity index (χ2n) is 4.65. The summed E-state index contributed by atoms with van der Waals surface area (Å²) in [5.74, 6) is 0.450. The van der Waals surface area contributed by atoms with Gasteiger partial charge in [0.15, 0.2) is 0 Å². The Hall–Kier alpha value is -0.290. The third kappa shape index (κ3) is 2.52. The zero-order chi connectivity index (χ0) is 13.5. The second kappa shape index (κ2) is 5.00. The van der Waals surface area contributed by atoms with Gasteiger partial charge in [0.1, 0.15) is 4.90 Å². The van der Waals surface area contributed by atoms with Gasteiger partial charge in [0.2, 0.25) is 10.0 Å². The minimum atomic E-state index is -3.64. The van der Waals surface area contributed by atoms with Gasteiger partial charge in [-0.2, -0.15) is 4.31 Å². The van der Waals surface area contributed by atoms with Crippen LogP contribution in [0.3, 0.4) is 0 Å². The molecule has 6 heteroatoms. The lowest BCUT2D eigenvalue weighted by molar-refractivity contribution is 0.357. The van der Waals surface area contributed by atoms with Crippen molar-refractivity contribution >= 4 is 33.2 Å². The van der Waals surface area contributed by atoms with Crippen molar-refractivity contribution in [2.75, 3.05) is 7.05 Å². The van der Waals surface area contributed by atoms with Gasteiger partial charge in [0.25, 0.3) is 0 Å². The second-order valence-corrected chi connectivity index (χ2v) is 7.40. The number of hydrogen-bond acceptors (Lipinski definition) is 2. The van der Waals surface area contributed by atoms with Gasteiger partial charge in [-0.15, -0.1) is 0 Å². The average molecular weight is 308 g/mol. The van der Waals surface area contributed by atoms with Crippen molar-refractivity contribution in [2.24, 2.45) is 5.92 Å². The van der Waals surface area contributed by atoms with Gasteiger partial charge in [-0.3, -0.25) is 0 Å². The maximum Gasteiger partial charge on any atom is 0.246 e. The monoisotopic (exact) mass is 307 g/mol. The van der Waals surface area contributed by atoms with Crippen molar-refractivity contribution in [2.45, 2.75) is 30.7 Å². The normalized spacial score (nSPS) is 18.1. The lowest BCUT2D eigenvalue weighted by Gasteiger charge is -2.25. The van der Waals surface area contributed by atoms with Gasteiger partial charge in [-0.1, -0.05) is 29.3 Å². The fraction of sp³-hybridized carbons (Fsp3) is 0.500. The first-order valence-corrected chi connectivity index (χ1v) is 7.97. The van der Waals surface area contributed by atoms with Crippen LogP contribution >= 0.6 is 23.2 Å². The van der Waals surface area contributed by atoms with Gasteiger partial charge in [0.05, 0.1) is 10.0 Å². The maximum atomic E-state index is 12.5. The van der Waals surface area contributed by atoms with Gasteiger partial charge >= 0.3 is 0 Å². The minimum absolute atomic E-state index is 0.00309. The summed E-state index contributed by atoms with van der Waals surface area (Å²) >= 11 is 11.9. The summed E-state index contributed by atoms with van der Waals surface area (Å²) in [5, 5.41) is 0.328. The first-order valence-electron chi connectivity index (χ1n) is 5.77. The van der Waals surface area contributed by atoms with Crippen LogP contribution in [0.5, 0.6) is 0 Å². The first kappa shape index (κ1) is 14.1. The van der Waals surface area contributed by atoms with E-state index in [1.807, 2.05) is 6.92 Å². The predicted molar refractivity (Wildman–Crippen MR) is 73.6 cm³/mol. The van der Waals surface area contributed by atoms with Crippen LogP contribution in [0.25, 0.3) is 0 Å². The molecule has 0 heterocycles. The molecule has 0 amide bonds. The maximum absolute atomic E-state index is 12.5. The van der Waals surface area contributed by atoms with Crippen LogP contribution in [0.1, 0.15) is 19.8 Å². The SMILES string of the molecule is CC(C1CC1)N(C)S(=O)(=O)c1c(Cl)cccc1Cl. The summed E-state index contributed by atoms with van der Waals surface area (Å²) < 4.78 is 26.4. The van der Waals surface area contributed by atoms with Crippen LogP contribution in [0, 0.1) is 5.92 Å². The van der Waals surface area contributed by atoms with Crippen molar-refractivity contribution in [3.05, 3.63) is 28.2 Å². The number of hydrogen-bond donors (Lipinski definition) is 0. The number of sulfonamides is 1. The highest BCUT2D eigenvalue weighted by Gasteiger charge is 2.37. The molecule has 1 unspecified atom stereocenters. The van der Waals surface area contributed by atoms with Crippen molar-refractivity contribution in [3.63, 3.8) is 0 Å². The van der Waals surface area contributed by atoms with Crippen LogP contribution < -0.4 is 0 Å². The van der Waals surface area contributed by atoms with E-state index in [1.54, 1.807) is 13.1 Å². The van der Waals surface area contributed by atoms with Crippen LogP contribution in [-0.2, 0) is 10.0 Å². The Kier molecular flexibility index (Phi) is 3.93. The van der Waals surface area contributed by atoms with Crippen LogP contribution in [-0.4, -0.2) is 25.8 Å². The van der Waals surface area contributed by atoms with E-state index in [-0.39, 0.29) is 21.0 Å². The highest BCUT2D eigenvalue weighted by atomic mass is 35.5. The van der Waals surface area contributed by atoms with Gasteiger partial charge in [0, 0.05) is 13.1 Å². The van der Waals surface area contributed by atoms with E-state index in [2.05, 4.69) is 0 Å². The molecule has 1 fully saturated rings. The summed E-state index contributed by atoms with van der Waals surface area (Å²) in [6.45, 7) is 1.92. The lowest BCUT2D eigenvalue weighted by atomic mass is 10.2. The van der Waals surface area contributed by atoms with E-state index in [1.165, 1.54) is 16.4 Å². The number of rotatable bonds is 4. The summed E-state index contributed by atoms with van der Waals surface area (Å²) in [5.41, 5.74) is 0. The smallest absolute Gasteiger partial charge is 0.207 e. The Balaban J connectivity index is 2.41. The summed E-state index contributed by atoms with van der Waals surface area (Å²) in [6, 6.07) is 4.68. The molecule has 1 atom stereocenters. The van der Waals surface area contributed by atoms with E-state index in [4.69, 9.17) is 23.2 Å². The van der Waals surface area contributed by atoms with E-state index < -0.39 is 10.0 Å². The van der Waals surface area contributed by atoms with Crippen molar-refractivity contribution in [1.29, 1.82) is 0 Å². The summed E-state index contributed by atoms with van der Waals surface area (Å²) in [6.07, 6.45) is 2.16. The fourth-order valence-corrected chi connectivity index (χ4v) is 4.48. The molecule has 0 aromatic heterocycles. The Morgan fingerprint density at radius 2 is 1.78 bits per heavy atom. The molecular weight excluding hydrogens is 293 g/mol. The average Bonchev–Trinajstić information content (AvgIpc) is 3.10. The standard InChI is InChI=1S/C12H15Cl2NO2S/c1-8(9-6-7-9)15(2)18(16,17)12-10(13)4-3-5-11(12)14/h3-5,8-9H,6-7H2,1-2H3. The molecule has 0 N–H and O–H groups in total. The zero-order valence-electron chi connectivity index (χ0n) is 10.2. The molecule has 0 aliphatic heterocycles. The summed E-state index contributed by atoms with van der Waals surface area (Å²) in [4.78, 5) is 0.00309. The third-order valence-electron chi connectivity index (χ3n) is 3.43. The molecule has 100 valence electrons. The molecule has 0 spiro atoms. The Labute approximate surface area is 118 Å². The van der Waals surface area contributed by atoms with Crippen molar-refractivity contribution in [1.82, 2.24) is 4.31 Å². The molecule has 2 rings (SSSR count). The van der Waals surface area contributed by atoms with Gasteiger partial charge in [-0.25, -0.2) is 8.42 Å². The van der Waals surface area contributed by atoms with E-state index in [9.17, 15) is 8.42 Å². The van der Waals surface area contributed by atoms with Gasteiger partial charge in [-0.05, 0) is 37.8 Å². The van der Waals surface area contributed by atoms with Crippen molar-refractivity contribution < 1.29 is 8.42 Å². The van der Waals surface area contributed by atoms with E-state index >= 15 is 0 Å². The number of halogens is 2. The quantitative estimate of drug-likeness (QED) is 0.855. The van der Waals surface area contributed by atoms with Crippen LogP contribution in [0.4, 0.5) is 0 Å². The summed E-state index contributed by atoms with van der Waals surface area (Å²) in [7, 11) is -2.05. The molecule has 18 heavy (non-hydrogen) atoms. The fourth-order valence-electron chi connectivity index (χ4n) is 1.97. The van der Waals surface area contributed by atoms with E-state index in [0.717, 1.165) is 12.8 Å².